The minimum atomic E-state index is -0.524. The van der Waals surface area contributed by atoms with Crippen molar-refractivity contribution in [1.29, 1.82) is 0 Å². The zero-order valence-electron chi connectivity index (χ0n) is 13.6. The molecule has 0 unspecified atom stereocenters. The molecule has 0 atom stereocenters. The fourth-order valence-electron chi connectivity index (χ4n) is 1.77. The molecule has 4 nitrogen and oxygen atoms in total. The summed E-state index contributed by atoms with van der Waals surface area (Å²) in [7, 11) is 2.57. The molecule has 7 heteroatoms. The van der Waals surface area contributed by atoms with E-state index in [0.29, 0.717) is 0 Å². The van der Waals surface area contributed by atoms with Gasteiger partial charge >= 0.3 is 29.0 Å². The molecule has 2 saturated carbocycles. The topological polar surface area (TPSA) is 52.6 Å². The van der Waals surface area contributed by atoms with Gasteiger partial charge in [-0.1, -0.05) is 29.6 Å². The summed E-state index contributed by atoms with van der Waals surface area (Å²) in [6.45, 7) is 0. The van der Waals surface area contributed by atoms with Gasteiger partial charge < -0.3 is 9.47 Å². The minimum absolute atomic E-state index is 0. The number of methoxy groups -OCH3 is 2. The average Bonchev–Trinajstić information content (AvgIpc) is 3.36. The van der Waals surface area contributed by atoms with Crippen LogP contribution in [0.2, 0.25) is 0 Å². The summed E-state index contributed by atoms with van der Waals surface area (Å²) in [4.78, 5) is 23.8. The second-order valence-corrected chi connectivity index (χ2v) is 6.85. The Kier molecular flexibility index (Phi) is 11.0. The molecule has 10 radical (unpaired) electrons. The Hall–Kier alpha value is -0.361. The first-order chi connectivity index (χ1) is 11.7. The van der Waals surface area contributed by atoms with E-state index in [4.69, 9.17) is 0 Å². The molecule has 0 N–H and O–H groups in total. The third-order valence-corrected chi connectivity index (χ3v) is 5.30. The van der Waals surface area contributed by atoms with Gasteiger partial charge in [-0.15, -0.1) is 0 Å². The summed E-state index contributed by atoms with van der Waals surface area (Å²) >= 11 is 2.44. The molecule has 25 heavy (non-hydrogen) atoms. The molecule has 0 spiro atoms. The van der Waals surface area contributed by atoms with Crippen LogP contribution in [-0.4, -0.2) is 26.2 Å². The third-order valence-electron chi connectivity index (χ3n) is 2.88. The van der Waals surface area contributed by atoms with Gasteiger partial charge in [0.05, 0.1) is 14.2 Å². The molecule has 1 aliphatic heterocycles. The Morgan fingerprint density at radius 3 is 1.56 bits per heavy atom. The molecular weight excluding hydrogens is 400 g/mol. The second-order valence-electron chi connectivity index (χ2n) is 4.49. The van der Waals surface area contributed by atoms with Crippen LogP contribution >= 0.6 is 23.5 Å². The van der Waals surface area contributed by atoms with E-state index < -0.39 is 11.9 Å². The van der Waals surface area contributed by atoms with Crippen LogP contribution in [0.4, 0.5) is 0 Å². The number of carbonyl (C=O) groups excluding carboxylic acids is 2. The Morgan fingerprint density at radius 2 is 1.20 bits per heavy atom. The van der Waals surface area contributed by atoms with Gasteiger partial charge in [0.15, 0.2) is 0 Å². The van der Waals surface area contributed by atoms with Gasteiger partial charge in [0.1, 0.15) is 9.81 Å². The molecular formula is C18H16FeO4S2+2. The summed E-state index contributed by atoms with van der Waals surface area (Å²) in [6, 6.07) is 0. The molecule has 0 aromatic rings. The van der Waals surface area contributed by atoms with Crippen molar-refractivity contribution in [3.8, 4) is 0 Å². The number of hydrogen-bond donors (Lipinski definition) is 0. The van der Waals surface area contributed by atoms with Crippen LogP contribution in [0.1, 0.15) is 0 Å². The summed E-state index contributed by atoms with van der Waals surface area (Å²) in [5.74, 6) is -0.0297. The van der Waals surface area contributed by atoms with E-state index in [1.54, 1.807) is 0 Å². The summed E-state index contributed by atoms with van der Waals surface area (Å²) in [5, 5.41) is 0. The maximum atomic E-state index is 11.6. The van der Waals surface area contributed by atoms with E-state index in [2.05, 4.69) is 9.47 Å². The van der Waals surface area contributed by atoms with Crippen LogP contribution in [0.5, 0.6) is 0 Å². The smallest absolute Gasteiger partial charge is 0.465 e. The molecule has 0 aromatic heterocycles. The Morgan fingerprint density at radius 1 is 0.800 bits per heavy atom. The third kappa shape index (κ3) is 7.04. The predicted molar refractivity (Wildman–Crippen MR) is 96.3 cm³/mol. The van der Waals surface area contributed by atoms with Gasteiger partial charge in [0, 0.05) is 10.2 Å². The maximum absolute atomic E-state index is 11.6. The Labute approximate surface area is 169 Å². The zero-order chi connectivity index (χ0) is 17.4. The van der Waals surface area contributed by atoms with Gasteiger partial charge in [-0.3, -0.25) is 0 Å². The zero-order valence-corrected chi connectivity index (χ0v) is 16.3. The van der Waals surface area contributed by atoms with E-state index in [1.165, 1.54) is 37.7 Å². The molecule has 1 heterocycles. The summed E-state index contributed by atoms with van der Waals surface area (Å²) < 4.78 is 10.2. The number of esters is 2. The standard InChI is InChI=1S/C13H11O4S2.C5H5.Fe/c1-16-12(14)10-11(13(15)17-2)19-9(18-10)7-8-5-3-4-6-8;1-2-4-5-3-1;/h3-7H,1-2H3;1-5H;/q;;+2. The number of allylic oxidation sites excluding steroid dienone is 1. The van der Waals surface area contributed by atoms with Gasteiger partial charge in [0.25, 0.3) is 0 Å². The van der Waals surface area contributed by atoms with Crippen molar-refractivity contribution in [2.45, 2.75) is 0 Å². The number of hydrogen-bond acceptors (Lipinski definition) is 6. The number of carbonyl (C=O) groups is 2. The van der Waals surface area contributed by atoms with E-state index in [0.717, 1.165) is 10.2 Å². The largest absolute Gasteiger partial charge is 2.00 e. The van der Waals surface area contributed by atoms with Gasteiger partial charge in [-0.05, 0) is 57.8 Å². The minimum Gasteiger partial charge on any atom is -0.465 e. The van der Waals surface area contributed by atoms with Crippen molar-refractivity contribution in [1.82, 2.24) is 0 Å². The Balaban J connectivity index is 0.000000448. The molecule has 130 valence electrons. The molecule has 3 aliphatic rings. The quantitative estimate of drug-likeness (QED) is 0.520. The van der Waals surface area contributed by atoms with Gasteiger partial charge in [-0.25, -0.2) is 9.59 Å². The molecule has 0 aromatic carbocycles. The van der Waals surface area contributed by atoms with Crippen LogP contribution < -0.4 is 0 Å². The first-order valence-electron chi connectivity index (χ1n) is 7.02. The summed E-state index contributed by atoms with van der Waals surface area (Å²) in [5.41, 5.74) is 0. The maximum Gasteiger partial charge on any atom is 2.00 e. The summed E-state index contributed by atoms with van der Waals surface area (Å²) in [6.07, 6.45) is 19.7. The first kappa shape index (κ1) is 22.7. The number of thioether (sulfide) groups is 2. The van der Waals surface area contributed by atoms with Crippen molar-refractivity contribution in [2.75, 3.05) is 14.2 Å². The number of ether oxygens (including phenoxy) is 2. The molecule has 2 aliphatic carbocycles. The van der Waals surface area contributed by atoms with Crippen molar-refractivity contribution in [2.24, 2.45) is 0 Å². The van der Waals surface area contributed by atoms with Gasteiger partial charge in [-0.2, -0.15) is 0 Å². The molecule has 2 fully saturated rings. The average molecular weight is 416 g/mol. The monoisotopic (exact) mass is 416 g/mol. The van der Waals surface area contributed by atoms with Crippen molar-refractivity contribution in [3.05, 3.63) is 83.8 Å². The molecule has 0 bridgehead atoms. The van der Waals surface area contributed by atoms with Crippen molar-refractivity contribution >= 4 is 35.5 Å². The van der Waals surface area contributed by atoms with Crippen LogP contribution in [0.25, 0.3) is 0 Å². The van der Waals surface area contributed by atoms with Crippen molar-refractivity contribution in [3.63, 3.8) is 0 Å². The van der Waals surface area contributed by atoms with E-state index in [9.17, 15) is 9.59 Å². The fourth-order valence-corrected chi connectivity index (χ4v) is 4.16. The number of rotatable bonds is 3. The van der Waals surface area contributed by atoms with Crippen LogP contribution in [0, 0.1) is 63.7 Å². The van der Waals surface area contributed by atoms with E-state index in [1.807, 2.05) is 63.9 Å². The van der Waals surface area contributed by atoms with E-state index in [-0.39, 0.29) is 26.9 Å². The van der Waals surface area contributed by atoms with Gasteiger partial charge in [0.2, 0.25) is 0 Å². The molecule has 3 rings (SSSR count). The first-order valence-corrected chi connectivity index (χ1v) is 8.65. The van der Waals surface area contributed by atoms with Crippen LogP contribution in [0.3, 0.4) is 0 Å². The van der Waals surface area contributed by atoms with Crippen molar-refractivity contribution < 1.29 is 36.1 Å². The predicted octanol–water partition coefficient (Wildman–Crippen LogP) is 3.29. The SMILES string of the molecule is COC(=O)C1=C(C(=O)OC)SC(=C[C]2[CH][CH][CH][CH]2)S1.[CH]1[CH][CH][CH][CH]1.[Fe+2]. The molecule has 0 amide bonds. The second kappa shape index (κ2) is 12.1. The van der Waals surface area contributed by atoms with Crippen LogP contribution in [0.15, 0.2) is 20.1 Å². The Bertz CT molecular complexity index is 484. The van der Waals surface area contributed by atoms with E-state index >= 15 is 0 Å². The van der Waals surface area contributed by atoms with Crippen LogP contribution in [-0.2, 0) is 36.1 Å². The fraction of sp³-hybridized carbons (Fsp3) is 0.111. The molecule has 0 saturated heterocycles. The normalized spacial score (nSPS) is 19.8.